The van der Waals surface area contributed by atoms with Crippen molar-refractivity contribution < 1.29 is 4.39 Å². The summed E-state index contributed by atoms with van der Waals surface area (Å²) in [6.45, 7) is 4.85. The number of rotatable bonds is 6. The Labute approximate surface area is 83.7 Å². The van der Waals surface area contributed by atoms with Gasteiger partial charge in [0.1, 0.15) is 11.6 Å². The largest absolute Gasteiger partial charge is 0.369 e. The predicted octanol–water partition coefficient (Wildman–Crippen LogP) is 1.63. The average molecular weight is 197 g/mol. The quantitative estimate of drug-likeness (QED) is 0.681. The van der Waals surface area contributed by atoms with Crippen LogP contribution in [-0.4, -0.2) is 24.6 Å². The lowest BCUT2D eigenvalue weighted by Crippen LogP contribution is -2.22. The van der Waals surface area contributed by atoms with E-state index in [4.69, 9.17) is 0 Å². The lowest BCUT2D eigenvalue weighted by Gasteiger charge is -2.05. The smallest absolute Gasteiger partial charge is 0.141 e. The molecule has 0 bridgehead atoms. The molecule has 1 aromatic heterocycles. The summed E-state index contributed by atoms with van der Waals surface area (Å²) >= 11 is 0. The first-order valence-corrected chi connectivity index (χ1v) is 4.89. The number of anilines is 1. The van der Waals surface area contributed by atoms with E-state index >= 15 is 0 Å². The van der Waals surface area contributed by atoms with Gasteiger partial charge in [0.25, 0.3) is 0 Å². The van der Waals surface area contributed by atoms with Crippen molar-refractivity contribution in [3.8, 4) is 0 Å². The van der Waals surface area contributed by atoms with Crippen molar-refractivity contribution in [2.24, 2.45) is 0 Å². The van der Waals surface area contributed by atoms with Gasteiger partial charge in [0, 0.05) is 13.1 Å². The van der Waals surface area contributed by atoms with Crippen LogP contribution in [0.4, 0.5) is 10.2 Å². The summed E-state index contributed by atoms with van der Waals surface area (Å²) in [5.74, 6) is 0.407. The molecular formula is C10H16FN3. The number of nitrogens with zero attached hydrogens (tertiary/aromatic N) is 1. The molecule has 0 aromatic carbocycles. The molecule has 0 aliphatic carbocycles. The lowest BCUT2D eigenvalue weighted by molar-refractivity contribution is 0.621. The van der Waals surface area contributed by atoms with Crippen LogP contribution < -0.4 is 10.6 Å². The molecule has 1 heterocycles. The average Bonchev–Trinajstić information content (AvgIpc) is 2.21. The Balaban J connectivity index is 2.15. The first-order valence-electron chi connectivity index (χ1n) is 4.89. The van der Waals surface area contributed by atoms with Crippen LogP contribution in [-0.2, 0) is 0 Å². The first-order chi connectivity index (χ1) is 6.83. The molecule has 1 rings (SSSR count). The predicted molar refractivity (Wildman–Crippen MR) is 55.8 cm³/mol. The van der Waals surface area contributed by atoms with E-state index in [1.54, 1.807) is 6.07 Å². The van der Waals surface area contributed by atoms with Crippen LogP contribution in [0, 0.1) is 5.82 Å². The van der Waals surface area contributed by atoms with Crippen LogP contribution in [0.25, 0.3) is 0 Å². The summed E-state index contributed by atoms with van der Waals surface area (Å²) in [7, 11) is 0. The topological polar surface area (TPSA) is 37.0 Å². The maximum atomic E-state index is 12.5. The molecule has 0 amide bonds. The second kappa shape index (κ2) is 6.32. The fraction of sp³-hybridized carbons (Fsp3) is 0.500. The maximum Gasteiger partial charge on any atom is 0.141 e. The molecule has 14 heavy (non-hydrogen) atoms. The first kappa shape index (κ1) is 10.9. The third-order valence-corrected chi connectivity index (χ3v) is 1.76. The second-order valence-corrected chi connectivity index (χ2v) is 3.04. The van der Waals surface area contributed by atoms with E-state index in [2.05, 4.69) is 22.5 Å². The number of hydrogen-bond donors (Lipinski definition) is 2. The van der Waals surface area contributed by atoms with Crippen molar-refractivity contribution in [3.05, 3.63) is 24.1 Å². The van der Waals surface area contributed by atoms with Crippen molar-refractivity contribution in [2.75, 3.05) is 25.0 Å². The minimum Gasteiger partial charge on any atom is -0.369 e. The molecule has 0 aliphatic heterocycles. The number of aromatic nitrogens is 1. The molecule has 0 fully saturated rings. The van der Waals surface area contributed by atoms with Crippen LogP contribution in [0.15, 0.2) is 18.3 Å². The van der Waals surface area contributed by atoms with Crippen LogP contribution in [0.3, 0.4) is 0 Å². The maximum absolute atomic E-state index is 12.5. The molecule has 0 radical (unpaired) electrons. The van der Waals surface area contributed by atoms with E-state index in [0.717, 1.165) is 26.1 Å². The Morgan fingerprint density at radius 2 is 2.14 bits per heavy atom. The minimum atomic E-state index is -0.306. The summed E-state index contributed by atoms with van der Waals surface area (Å²) in [6, 6.07) is 3.03. The zero-order valence-corrected chi connectivity index (χ0v) is 8.39. The standard InChI is InChI=1S/C10H16FN3/c1-2-5-12-6-7-13-10-4-3-9(11)8-14-10/h3-4,8,12H,2,5-7H2,1H3,(H,13,14). The monoisotopic (exact) mass is 197 g/mol. The molecule has 1 aromatic rings. The van der Waals surface area contributed by atoms with E-state index in [-0.39, 0.29) is 5.82 Å². The molecule has 0 unspecified atom stereocenters. The van der Waals surface area contributed by atoms with E-state index < -0.39 is 0 Å². The second-order valence-electron chi connectivity index (χ2n) is 3.04. The Bertz CT molecular complexity index is 248. The number of hydrogen-bond acceptors (Lipinski definition) is 3. The van der Waals surface area contributed by atoms with E-state index in [0.29, 0.717) is 5.82 Å². The van der Waals surface area contributed by atoms with Gasteiger partial charge in [0.05, 0.1) is 6.20 Å². The lowest BCUT2D eigenvalue weighted by atomic mass is 10.4. The molecule has 0 atom stereocenters. The van der Waals surface area contributed by atoms with Crippen LogP contribution in [0.1, 0.15) is 13.3 Å². The van der Waals surface area contributed by atoms with E-state index in [1.165, 1.54) is 12.3 Å². The zero-order valence-electron chi connectivity index (χ0n) is 8.39. The van der Waals surface area contributed by atoms with Crippen molar-refractivity contribution in [3.63, 3.8) is 0 Å². The normalized spacial score (nSPS) is 10.1. The van der Waals surface area contributed by atoms with Crippen LogP contribution >= 0.6 is 0 Å². The number of nitrogens with one attached hydrogen (secondary N) is 2. The molecule has 78 valence electrons. The summed E-state index contributed by atoms with van der Waals surface area (Å²) in [4.78, 5) is 3.88. The van der Waals surface area contributed by atoms with Crippen molar-refractivity contribution in [2.45, 2.75) is 13.3 Å². The highest BCUT2D eigenvalue weighted by molar-refractivity contribution is 5.33. The van der Waals surface area contributed by atoms with Gasteiger partial charge in [-0.2, -0.15) is 0 Å². The molecule has 0 spiro atoms. The zero-order chi connectivity index (χ0) is 10.2. The Morgan fingerprint density at radius 3 is 2.79 bits per heavy atom. The number of halogens is 1. The highest BCUT2D eigenvalue weighted by Gasteiger charge is 1.93. The SMILES string of the molecule is CCCNCCNc1ccc(F)cn1. The highest BCUT2D eigenvalue weighted by atomic mass is 19.1. The van der Waals surface area contributed by atoms with Crippen LogP contribution in [0.5, 0.6) is 0 Å². The molecular weight excluding hydrogens is 181 g/mol. The third kappa shape index (κ3) is 4.18. The highest BCUT2D eigenvalue weighted by Crippen LogP contribution is 2.01. The Morgan fingerprint density at radius 1 is 1.29 bits per heavy atom. The van der Waals surface area contributed by atoms with Crippen molar-refractivity contribution in [1.29, 1.82) is 0 Å². The van der Waals surface area contributed by atoms with Crippen molar-refractivity contribution in [1.82, 2.24) is 10.3 Å². The summed E-state index contributed by atoms with van der Waals surface area (Å²) in [6.07, 6.45) is 2.34. The molecule has 0 saturated heterocycles. The fourth-order valence-corrected chi connectivity index (χ4v) is 1.06. The molecule has 4 heteroatoms. The van der Waals surface area contributed by atoms with Gasteiger partial charge in [-0.05, 0) is 25.1 Å². The van der Waals surface area contributed by atoms with Gasteiger partial charge in [-0.25, -0.2) is 9.37 Å². The van der Waals surface area contributed by atoms with Gasteiger partial charge in [-0.1, -0.05) is 6.92 Å². The van der Waals surface area contributed by atoms with E-state index in [1.807, 2.05) is 0 Å². The number of pyridine rings is 1. The van der Waals surface area contributed by atoms with Crippen molar-refractivity contribution >= 4 is 5.82 Å². The Kier molecular flexibility index (Phi) is 4.93. The van der Waals surface area contributed by atoms with Gasteiger partial charge in [0.15, 0.2) is 0 Å². The third-order valence-electron chi connectivity index (χ3n) is 1.76. The van der Waals surface area contributed by atoms with Gasteiger partial charge in [0.2, 0.25) is 0 Å². The molecule has 0 aliphatic rings. The van der Waals surface area contributed by atoms with Crippen LogP contribution in [0.2, 0.25) is 0 Å². The Hall–Kier alpha value is -1.16. The molecule has 3 nitrogen and oxygen atoms in total. The summed E-state index contributed by atoms with van der Waals surface area (Å²) in [5, 5.41) is 6.34. The van der Waals surface area contributed by atoms with Gasteiger partial charge in [-0.3, -0.25) is 0 Å². The molecule has 0 saturated carbocycles. The fourth-order valence-electron chi connectivity index (χ4n) is 1.06. The summed E-state index contributed by atoms with van der Waals surface area (Å²) < 4.78 is 12.5. The van der Waals surface area contributed by atoms with Gasteiger partial charge < -0.3 is 10.6 Å². The summed E-state index contributed by atoms with van der Waals surface area (Å²) in [5.41, 5.74) is 0. The minimum absolute atomic E-state index is 0.306. The van der Waals surface area contributed by atoms with Gasteiger partial charge >= 0.3 is 0 Å². The van der Waals surface area contributed by atoms with Gasteiger partial charge in [-0.15, -0.1) is 0 Å². The van der Waals surface area contributed by atoms with E-state index in [9.17, 15) is 4.39 Å². The molecule has 2 N–H and O–H groups in total.